The number of carbonyl (C=O) groups is 1. The zero-order chi connectivity index (χ0) is 16.0. The zero-order valence-corrected chi connectivity index (χ0v) is 12.6. The molecular weight excluding hydrogens is 288 g/mol. The fourth-order valence-corrected chi connectivity index (χ4v) is 3.77. The first kappa shape index (κ1) is 14.0. The predicted octanol–water partition coefficient (Wildman–Crippen LogP) is 2.32. The highest BCUT2D eigenvalue weighted by atomic mass is 16.3. The van der Waals surface area contributed by atoms with Crippen LogP contribution in [-0.2, 0) is 4.79 Å². The molecule has 4 nitrogen and oxygen atoms in total. The minimum Gasteiger partial charge on any atom is -0.396 e. The summed E-state index contributed by atoms with van der Waals surface area (Å²) >= 11 is 0. The average molecular weight is 304 g/mol. The van der Waals surface area contributed by atoms with Crippen molar-refractivity contribution in [1.29, 1.82) is 5.26 Å². The summed E-state index contributed by atoms with van der Waals surface area (Å²) in [6.45, 7) is 0.801. The van der Waals surface area contributed by atoms with Gasteiger partial charge in [-0.15, -0.1) is 0 Å². The number of nitriles is 1. The molecule has 23 heavy (non-hydrogen) atoms. The lowest BCUT2D eigenvalue weighted by Gasteiger charge is -2.18. The molecule has 0 spiro atoms. The number of aliphatic hydroxyl groups excluding tert-OH is 1. The maximum atomic E-state index is 12.8. The van der Waals surface area contributed by atoms with Gasteiger partial charge in [0.25, 0.3) is 5.91 Å². The second-order valence-corrected chi connectivity index (χ2v) is 6.12. The summed E-state index contributed by atoms with van der Waals surface area (Å²) in [6, 6.07) is 13.5. The van der Waals surface area contributed by atoms with Gasteiger partial charge in [-0.3, -0.25) is 4.79 Å². The third kappa shape index (κ3) is 1.97. The lowest BCUT2D eigenvalue weighted by Crippen LogP contribution is -2.31. The van der Waals surface area contributed by atoms with Crippen LogP contribution in [-0.4, -0.2) is 35.1 Å². The SMILES string of the molecule is N#Cc1ccc(C2=CC3C(CO)CCN3C2=O)c2ccccc12. The van der Waals surface area contributed by atoms with E-state index in [1.54, 1.807) is 6.07 Å². The second kappa shape index (κ2) is 5.22. The van der Waals surface area contributed by atoms with Crippen molar-refractivity contribution in [1.82, 2.24) is 4.90 Å². The number of benzene rings is 2. The first-order valence-corrected chi connectivity index (χ1v) is 7.80. The van der Waals surface area contributed by atoms with Crippen LogP contribution in [0.1, 0.15) is 17.5 Å². The minimum absolute atomic E-state index is 0.00287. The summed E-state index contributed by atoms with van der Waals surface area (Å²) in [6.07, 6.45) is 2.84. The molecule has 2 aliphatic rings. The molecule has 2 heterocycles. The van der Waals surface area contributed by atoms with Gasteiger partial charge >= 0.3 is 0 Å². The van der Waals surface area contributed by atoms with E-state index in [1.807, 2.05) is 41.3 Å². The summed E-state index contributed by atoms with van der Waals surface area (Å²) in [5.74, 6) is 0.155. The number of rotatable bonds is 2. The van der Waals surface area contributed by atoms with E-state index in [2.05, 4.69) is 6.07 Å². The van der Waals surface area contributed by atoms with Gasteiger partial charge in [0.1, 0.15) is 0 Å². The van der Waals surface area contributed by atoms with E-state index in [1.165, 1.54) is 0 Å². The molecule has 2 unspecified atom stereocenters. The Kier molecular flexibility index (Phi) is 3.17. The Labute approximate surface area is 134 Å². The summed E-state index contributed by atoms with van der Waals surface area (Å²) < 4.78 is 0. The Balaban J connectivity index is 1.88. The van der Waals surface area contributed by atoms with E-state index >= 15 is 0 Å². The monoisotopic (exact) mass is 304 g/mol. The molecule has 0 bridgehead atoms. The second-order valence-electron chi connectivity index (χ2n) is 6.12. The molecule has 1 saturated heterocycles. The molecule has 0 aliphatic carbocycles. The molecule has 1 amide bonds. The van der Waals surface area contributed by atoms with Gasteiger partial charge in [-0.1, -0.05) is 30.3 Å². The van der Waals surface area contributed by atoms with Crippen molar-refractivity contribution in [2.75, 3.05) is 13.2 Å². The van der Waals surface area contributed by atoms with Crippen molar-refractivity contribution in [3.05, 3.63) is 53.6 Å². The van der Waals surface area contributed by atoms with E-state index in [0.717, 1.165) is 22.8 Å². The third-order valence-corrected chi connectivity index (χ3v) is 4.98. The molecule has 1 N–H and O–H groups in total. The largest absolute Gasteiger partial charge is 0.396 e. The molecule has 2 atom stereocenters. The summed E-state index contributed by atoms with van der Waals surface area (Å²) in [4.78, 5) is 14.6. The first-order valence-electron chi connectivity index (χ1n) is 7.80. The molecule has 114 valence electrons. The van der Waals surface area contributed by atoms with Crippen LogP contribution in [0.2, 0.25) is 0 Å². The zero-order valence-electron chi connectivity index (χ0n) is 12.6. The molecule has 0 saturated carbocycles. The molecule has 2 aromatic rings. The minimum atomic E-state index is -0.00287. The molecule has 2 aliphatic heterocycles. The Morgan fingerprint density at radius 2 is 2.00 bits per heavy atom. The van der Waals surface area contributed by atoms with E-state index < -0.39 is 0 Å². The lowest BCUT2D eigenvalue weighted by molar-refractivity contribution is -0.124. The number of fused-ring (bicyclic) bond motifs is 2. The van der Waals surface area contributed by atoms with Gasteiger partial charge < -0.3 is 10.0 Å². The molecule has 0 radical (unpaired) electrons. The van der Waals surface area contributed by atoms with E-state index in [4.69, 9.17) is 0 Å². The molecule has 2 aromatic carbocycles. The standard InChI is InChI=1S/C19H16N2O2/c20-10-12-5-6-16(15-4-2-1-3-14(12)15)17-9-18-13(11-22)7-8-21(18)19(17)23/h1-6,9,13,18,22H,7-8,11H2. The fourth-order valence-electron chi connectivity index (χ4n) is 3.77. The number of aliphatic hydroxyl groups is 1. The smallest absolute Gasteiger partial charge is 0.254 e. The van der Waals surface area contributed by atoms with Gasteiger partial charge in [0.2, 0.25) is 0 Å². The number of hydrogen-bond acceptors (Lipinski definition) is 3. The van der Waals surface area contributed by atoms with Crippen molar-refractivity contribution < 1.29 is 9.90 Å². The summed E-state index contributed by atoms with van der Waals surface area (Å²) in [5.41, 5.74) is 2.17. The first-order chi connectivity index (χ1) is 11.2. The number of amides is 1. The van der Waals surface area contributed by atoms with Crippen LogP contribution in [0, 0.1) is 17.2 Å². The topological polar surface area (TPSA) is 64.3 Å². The number of nitrogens with zero attached hydrogens (tertiary/aromatic N) is 2. The van der Waals surface area contributed by atoms with Gasteiger partial charge in [-0.2, -0.15) is 5.26 Å². The Hall–Kier alpha value is -2.64. The summed E-state index contributed by atoms with van der Waals surface area (Å²) in [5, 5.41) is 20.6. The molecule has 1 fully saturated rings. The summed E-state index contributed by atoms with van der Waals surface area (Å²) in [7, 11) is 0. The molecule has 4 heteroatoms. The number of carbonyl (C=O) groups excluding carboxylic acids is 1. The highest BCUT2D eigenvalue weighted by molar-refractivity contribution is 6.25. The highest BCUT2D eigenvalue weighted by Crippen LogP contribution is 2.38. The van der Waals surface area contributed by atoms with Crippen LogP contribution in [0.4, 0.5) is 0 Å². The van der Waals surface area contributed by atoms with E-state index in [9.17, 15) is 15.2 Å². The Morgan fingerprint density at radius 1 is 1.22 bits per heavy atom. The van der Waals surface area contributed by atoms with Gasteiger partial charge in [-0.25, -0.2) is 0 Å². The van der Waals surface area contributed by atoms with E-state index in [-0.39, 0.29) is 24.5 Å². The van der Waals surface area contributed by atoms with Crippen LogP contribution in [0.3, 0.4) is 0 Å². The average Bonchev–Trinajstić information content (AvgIpc) is 3.14. The van der Waals surface area contributed by atoms with Crippen molar-refractivity contribution in [2.45, 2.75) is 12.5 Å². The van der Waals surface area contributed by atoms with Crippen LogP contribution < -0.4 is 0 Å². The van der Waals surface area contributed by atoms with Gasteiger partial charge in [0.05, 0.1) is 17.7 Å². The van der Waals surface area contributed by atoms with Crippen molar-refractivity contribution in [2.24, 2.45) is 5.92 Å². The Bertz CT molecular complexity index is 879. The third-order valence-electron chi connectivity index (χ3n) is 4.98. The van der Waals surface area contributed by atoms with Crippen molar-refractivity contribution in [3.63, 3.8) is 0 Å². The van der Waals surface area contributed by atoms with E-state index in [0.29, 0.717) is 17.7 Å². The maximum absolute atomic E-state index is 12.8. The molecular formula is C19H16N2O2. The Morgan fingerprint density at radius 3 is 2.74 bits per heavy atom. The quantitative estimate of drug-likeness (QED) is 0.926. The molecule has 0 aromatic heterocycles. The normalized spacial score (nSPS) is 23.0. The van der Waals surface area contributed by atoms with Crippen LogP contribution in [0.5, 0.6) is 0 Å². The van der Waals surface area contributed by atoms with Gasteiger partial charge in [0.15, 0.2) is 0 Å². The van der Waals surface area contributed by atoms with Crippen molar-refractivity contribution >= 4 is 22.3 Å². The van der Waals surface area contributed by atoms with Crippen LogP contribution in [0.15, 0.2) is 42.5 Å². The maximum Gasteiger partial charge on any atom is 0.254 e. The van der Waals surface area contributed by atoms with Crippen LogP contribution >= 0.6 is 0 Å². The van der Waals surface area contributed by atoms with Crippen LogP contribution in [0.25, 0.3) is 16.3 Å². The fraction of sp³-hybridized carbons (Fsp3) is 0.263. The van der Waals surface area contributed by atoms with Crippen molar-refractivity contribution in [3.8, 4) is 6.07 Å². The van der Waals surface area contributed by atoms with Gasteiger partial charge in [-0.05, 0) is 29.5 Å². The highest BCUT2D eigenvalue weighted by Gasteiger charge is 2.41. The van der Waals surface area contributed by atoms with Gasteiger partial charge in [0, 0.05) is 30.0 Å². The molecule has 4 rings (SSSR count). The number of hydrogen-bond donors (Lipinski definition) is 1. The lowest BCUT2D eigenvalue weighted by atomic mass is 9.93. The predicted molar refractivity (Wildman–Crippen MR) is 87.3 cm³/mol.